The topological polar surface area (TPSA) is 0 Å². The lowest BCUT2D eigenvalue weighted by Gasteiger charge is -2.22. The molecule has 4 aromatic carbocycles. The van der Waals surface area contributed by atoms with Crippen molar-refractivity contribution in [2.24, 2.45) is 0 Å². The van der Waals surface area contributed by atoms with E-state index in [0.29, 0.717) is 0 Å². The number of rotatable bonds is 6. The molecule has 0 nitrogen and oxygen atoms in total. The maximum Gasteiger partial charge on any atom is 0.0958 e. The predicted octanol–water partition coefficient (Wildman–Crippen LogP) is 7.21. The summed E-state index contributed by atoms with van der Waals surface area (Å²) in [5.74, 6) is 0. The molecule has 4 aromatic rings. The highest BCUT2D eigenvalue weighted by Gasteiger charge is 2.35. The Labute approximate surface area is 208 Å². The molecule has 1 aliphatic rings. The van der Waals surface area contributed by atoms with Gasteiger partial charge in [0, 0.05) is 10.3 Å². The Morgan fingerprint density at radius 3 is 1.18 bits per heavy atom. The second-order valence-electron chi connectivity index (χ2n) is 7.68. The molecule has 0 amide bonds. The van der Waals surface area contributed by atoms with Crippen molar-refractivity contribution in [3.8, 4) is 0 Å². The first-order valence-corrected chi connectivity index (χ1v) is 14.3. The van der Waals surface area contributed by atoms with Crippen LogP contribution in [0, 0.1) is 0 Å². The van der Waals surface area contributed by atoms with E-state index in [-0.39, 0.29) is 5.38 Å². The zero-order valence-corrected chi connectivity index (χ0v) is 21.2. The molecule has 0 bridgehead atoms. The van der Waals surface area contributed by atoms with Gasteiger partial charge in [-0.2, -0.15) is 0 Å². The van der Waals surface area contributed by atoms with E-state index in [1.807, 2.05) is 0 Å². The zero-order valence-electron chi connectivity index (χ0n) is 17.9. The quantitative estimate of drug-likeness (QED) is 0.193. The number of allylic oxidation sites excluding steroid dienone is 4. The van der Waals surface area contributed by atoms with Crippen LogP contribution in [0.5, 0.6) is 0 Å². The minimum absolute atomic E-state index is 0.328. The molecular weight excluding hydrogens is 481 g/mol. The molecule has 0 radical (unpaired) electrons. The van der Waals surface area contributed by atoms with Gasteiger partial charge in [-0.1, -0.05) is 133 Å². The van der Waals surface area contributed by atoms with Crippen LogP contribution in [-0.2, 0) is 0 Å². The predicted molar refractivity (Wildman–Crippen MR) is 149 cm³/mol. The van der Waals surface area contributed by atoms with Crippen LogP contribution < -0.4 is 21.2 Å². The molecule has 0 spiro atoms. The Bertz CT molecular complexity index is 1190. The van der Waals surface area contributed by atoms with Gasteiger partial charge in [0.05, 0.1) is 5.38 Å². The molecule has 0 heterocycles. The third-order valence-corrected chi connectivity index (χ3v) is 11.9. The van der Waals surface area contributed by atoms with E-state index in [1.165, 1.54) is 26.5 Å². The van der Waals surface area contributed by atoms with Crippen molar-refractivity contribution in [3.05, 3.63) is 143 Å². The van der Waals surface area contributed by atoms with Gasteiger partial charge in [-0.3, -0.25) is 0 Å². The van der Waals surface area contributed by atoms with Gasteiger partial charge in [-0.15, -0.1) is 11.6 Å². The van der Waals surface area contributed by atoms with Gasteiger partial charge in [-0.05, 0) is 48.5 Å². The summed E-state index contributed by atoms with van der Waals surface area (Å²) in [7, 11) is -1.60. The number of hydrogen-bond acceptors (Lipinski definition) is 0. The van der Waals surface area contributed by atoms with Gasteiger partial charge in [0.25, 0.3) is 0 Å². The molecule has 0 aliphatic heterocycles. The number of alkyl halides is 1. The van der Waals surface area contributed by atoms with Crippen LogP contribution in [0.1, 0.15) is 0 Å². The third kappa shape index (κ3) is 4.73. The molecule has 0 N–H and O–H groups in total. The Hall–Kier alpha value is -2.20. The lowest BCUT2D eigenvalue weighted by atomic mass is 10.4. The normalized spacial score (nSPS) is 15.9. The summed E-state index contributed by atoms with van der Waals surface area (Å²) >= 11 is 14.2. The first-order chi connectivity index (χ1) is 16.2. The molecule has 1 atom stereocenters. The second kappa shape index (κ2) is 10.4. The van der Waals surface area contributed by atoms with E-state index >= 15 is 0 Å². The highest BCUT2D eigenvalue weighted by molar-refractivity contribution is 7.78. The molecule has 1 unspecified atom stereocenters. The van der Waals surface area contributed by atoms with E-state index in [1.54, 1.807) is 0 Å². The van der Waals surface area contributed by atoms with Gasteiger partial charge in [0.15, 0.2) is 0 Å². The van der Waals surface area contributed by atoms with Crippen molar-refractivity contribution in [1.29, 1.82) is 0 Å². The maximum absolute atomic E-state index is 7.11. The highest BCUT2D eigenvalue weighted by atomic mass is 35.5. The summed E-state index contributed by atoms with van der Waals surface area (Å²) < 4.78 is 0. The van der Waals surface area contributed by atoms with Crippen molar-refractivity contribution < 1.29 is 0 Å². The van der Waals surface area contributed by atoms with E-state index < -0.39 is 15.8 Å². The lowest BCUT2D eigenvalue weighted by molar-refractivity contribution is 1.37. The van der Waals surface area contributed by atoms with Crippen LogP contribution >= 0.6 is 39.0 Å². The number of benzene rings is 4. The molecular formula is C29H22Cl2P2. The van der Waals surface area contributed by atoms with E-state index in [9.17, 15) is 0 Å². The largest absolute Gasteiger partial charge is 0.112 e. The average Bonchev–Trinajstić information content (AvgIpc) is 3.16. The Balaban J connectivity index is 1.65. The Morgan fingerprint density at radius 2 is 0.818 bits per heavy atom. The first kappa shape index (κ1) is 22.6. The summed E-state index contributed by atoms with van der Waals surface area (Å²) in [4.78, 5) is 0. The second-order valence-corrected chi connectivity index (χ2v) is 12.9. The van der Waals surface area contributed by atoms with Crippen LogP contribution in [0.25, 0.3) is 0 Å². The SMILES string of the molecule is ClC1=C(P(c2ccccc2)c2ccccc2)C=C(P(c2ccccc2)c2ccccc2)C1Cl. The van der Waals surface area contributed by atoms with Crippen LogP contribution in [0.15, 0.2) is 143 Å². The molecule has 0 saturated heterocycles. The monoisotopic (exact) mass is 502 g/mol. The van der Waals surface area contributed by atoms with E-state index in [0.717, 1.165) is 10.3 Å². The van der Waals surface area contributed by atoms with Crippen LogP contribution in [-0.4, -0.2) is 5.38 Å². The van der Waals surface area contributed by atoms with Crippen LogP contribution in [0.4, 0.5) is 0 Å². The van der Waals surface area contributed by atoms with E-state index in [2.05, 4.69) is 127 Å². The maximum atomic E-state index is 7.11. The summed E-state index contributed by atoms with van der Waals surface area (Å²) in [5, 5.41) is 7.89. The highest BCUT2D eigenvalue weighted by Crippen LogP contribution is 2.58. The summed E-state index contributed by atoms with van der Waals surface area (Å²) in [6, 6.07) is 42.6. The molecule has 0 saturated carbocycles. The van der Waals surface area contributed by atoms with Gasteiger partial charge in [-0.25, -0.2) is 0 Å². The van der Waals surface area contributed by atoms with Gasteiger partial charge in [0.2, 0.25) is 0 Å². The molecule has 0 fully saturated rings. The average molecular weight is 503 g/mol. The van der Waals surface area contributed by atoms with Crippen molar-refractivity contribution >= 4 is 60.3 Å². The van der Waals surface area contributed by atoms with Crippen molar-refractivity contribution in [2.75, 3.05) is 0 Å². The fraction of sp³-hybridized carbons (Fsp3) is 0.0345. The van der Waals surface area contributed by atoms with E-state index in [4.69, 9.17) is 23.2 Å². The fourth-order valence-electron chi connectivity index (χ4n) is 4.07. The van der Waals surface area contributed by atoms with Crippen molar-refractivity contribution in [1.82, 2.24) is 0 Å². The summed E-state index contributed by atoms with van der Waals surface area (Å²) in [6.07, 6.45) is 2.30. The van der Waals surface area contributed by atoms with Gasteiger partial charge >= 0.3 is 0 Å². The summed E-state index contributed by atoms with van der Waals surface area (Å²) in [5.41, 5.74) is 0. The third-order valence-electron chi connectivity index (χ3n) is 5.57. The fourth-order valence-corrected chi connectivity index (χ4v) is 10.1. The number of hydrogen-bond donors (Lipinski definition) is 0. The Kier molecular flexibility index (Phi) is 7.10. The molecule has 1 aliphatic carbocycles. The molecule has 0 aromatic heterocycles. The first-order valence-electron chi connectivity index (χ1n) is 10.8. The lowest BCUT2D eigenvalue weighted by Crippen LogP contribution is -2.16. The smallest absolute Gasteiger partial charge is 0.0958 e. The van der Waals surface area contributed by atoms with Gasteiger partial charge < -0.3 is 0 Å². The van der Waals surface area contributed by atoms with Crippen LogP contribution in [0.2, 0.25) is 0 Å². The minimum atomic E-state index is -0.810. The molecule has 5 rings (SSSR count). The molecule has 33 heavy (non-hydrogen) atoms. The molecule has 162 valence electrons. The van der Waals surface area contributed by atoms with Crippen molar-refractivity contribution in [3.63, 3.8) is 0 Å². The Morgan fingerprint density at radius 1 is 0.485 bits per heavy atom. The number of halogens is 2. The van der Waals surface area contributed by atoms with Crippen molar-refractivity contribution in [2.45, 2.75) is 5.38 Å². The standard InChI is InChI=1S/C29H22Cl2P2/c30-28-26(32(22-13-5-1-6-14-22)23-15-7-2-8-16-23)21-27(29(28)31)33(24-17-9-3-10-18-24)25-19-11-4-12-20-25/h1-21,28H. The van der Waals surface area contributed by atoms with Crippen LogP contribution in [0.3, 0.4) is 0 Å². The van der Waals surface area contributed by atoms with Gasteiger partial charge in [0.1, 0.15) is 0 Å². The minimum Gasteiger partial charge on any atom is -0.112 e. The summed E-state index contributed by atoms with van der Waals surface area (Å²) in [6.45, 7) is 0. The molecule has 4 heteroatoms. The zero-order chi connectivity index (χ0) is 22.6.